The van der Waals surface area contributed by atoms with Gasteiger partial charge in [0, 0.05) is 26.1 Å². The van der Waals surface area contributed by atoms with Gasteiger partial charge in [0.05, 0.1) is 22.5 Å². The van der Waals surface area contributed by atoms with Gasteiger partial charge in [-0.3, -0.25) is 4.68 Å². The SMILES string of the molecule is CCc1nn(C)c(CC(CCC2CCCCO2)NC)c1Cl. The lowest BCUT2D eigenvalue weighted by Gasteiger charge is -2.25. The van der Waals surface area contributed by atoms with E-state index in [0.29, 0.717) is 12.1 Å². The molecule has 0 saturated carbocycles. The monoisotopic (exact) mass is 313 g/mol. The van der Waals surface area contributed by atoms with Gasteiger partial charge in [0.25, 0.3) is 0 Å². The number of aromatic nitrogens is 2. The van der Waals surface area contributed by atoms with Crippen LogP contribution in [0, 0.1) is 0 Å². The minimum Gasteiger partial charge on any atom is -0.378 e. The average Bonchev–Trinajstić information content (AvgIpc) is 2.79. The van der Waals surface area contributed by atoms with E-state index in [1.165, 1.54) is 19.3 Å². The van der Waals surface area contributed by atoms with Gasteiger partial charge in [-0.05, 0) is 45.6 Å². The molecule has 0 radical (unpaired) electrons. The molecule has 5 heteroatoms. The lowest BCUT2D eigenvalue weighted by molar-refractivity contribution is 0.00867. The van der Waals surface area contributed by atoms with Crippen LogP contribution in [-0.2, 0) is 24.6 Å². The molecule has 2 atom stereocenters. The first kappa shape index (κ1) is 16.8. The lowest BCUT2D eigenvalue weighted by Crippen LogP contribution is -2.31. The van der Waals surface area contributed by atoms with E-state index < -0.39 is 0 Å². The average molecular weight is 314 g/mol. The van der Waals surface area contributed by atoms with Gasteiger partial charge in [0.2, 0.25) is 0 Å². The number of hydrogen-bond donors (Lipinski definition) is 1. The number of hydrogen-bond acceptors (Lipinski definition) is 3. The Morgan fingerprint density at radius 2 is 2.29 bits per heavy atom. The Morgan fingerprint density at radius 3 is 2.86 bits per heavy atom. The third-order valence-electron chi connectivity index (χ3n) is 4.46. The smallest absolute Gasteiger partial charge is 0.0850 e. The number of ether oxygens (including phenoxy) is 1. The highest BCUT2D eigenvalue weighted by atomic mass is 35.5. The van der Waals surface area contributed by atoms with Crippen LogP contribution in [0.3, 0.4) is 0 Å². The van der Waals surface area contributed by atoms with Crippen LogP contribution in [0.2, 0.25) is 5.02 Å². The fourth-order valence-corrected chi connectivity index (χ4v) is 3.42. The van der Waals surface area contributed by atoms with E-state index in [9.17, 15) is 0 Å². The number of nitrogens with zero attached hydrogens (tertiary/aromatic N) is 2. The summed E-state index contributed by atoms with van der Waals surface area (Å²) in [7, 11) is 4.01. The van der Waals surface area contributed by atoms with Gasteiger partial charge >= 0.3 is 0 Å². The topological polar surface area (TPSA) is 39.1 Å². The van der Waals surface area contributed by atoms with Crippen LogP contribution < -0.4 is 5.32 Å². The third kappa shape index (κ3) is 4.44. The van der Waals surface area contributed by atoms with Gasteiger partial charge in [0.1, 0.15) is 0 Å². The molecule has 0 spiro atoms. The van der Waals surface area contributed by atoms with Crippen molar-refractivity contribution >= 4 is 11.6 Å². The maximum Gasteiger partial charge on any atom is 0.0850 e. The molecule has 1 aliphatic rings. The molecule has 1 aromatic heterocycles. The fourth-order valence-electron chi connectivity index (χ4n) is 3.05. The van der Waals surface area contributed by atoms with Crippen molar-refractivity contribution in [2.24, 2.45) is 7.05 Å². The zero-order valence-electron chi connectivity index (χ0n) is 13.5. The Morgan fingerprint density at radius 1 is 1.48 bits per heavy atom. The molecule has 1 aromatic rings. The summed E-state index contributed by atoms with van der Waals surface area (Å²) in [6, 6.07) is 0.424. The first-order valence-corrected chi connectivity index (χ1v) is 8.52. The molecule has 2 heterocycles. The minimum atomic E-state index is 0.424. The highest BCUT2D eigenvalue weighted by Crippen LogP contribution is 2.24. The highest BCUT2D eigenvalue weighted by Gasteiger charge is 2.19. The van der Waals surface area contributed by atoms with Gasteiger partial charge in [-0.15, -0.1) is 0 Å². The summed E-state index contributed by atoms with van der Waals surface area (Å²) in [6.07, 6.45) is 8.23. The second-order valence-electron chi connectivity index (χ2n) is 5.94. The zero-order chi connectivity index (χ0) is 15.2. The van der Waals surface area contributed by atoms with E-state index in [1.807, 2.05) is 18.8 Å². The molecule has 1 fully saturated rings. The largest absolute Gasteiger partial charge is 0.378 e. The lowest BCUT2D eigenvalue weighted by atomic mass is 9.99. The highest BCUT2D eigenvalue weighted by molar-refractivity contribution is 6.31. The molecule has 2 unspecified atom stereocenters. The molecule has 1 saturated heterocycles. The number of nitrogens with one attached hydrogen (secondary N) is 1. The summed E-state index contributed by atoms with van der Waals surface area (Å²) >= 11 is 6.44. The van der Waals surface area contributed by atoms with Crippen molar-refractivity contribution in [3.8, 4) is 0 Å². The molecule has 0 aromatic carbocycles. The van der Waals surface area contributed by atoms with Crippen LogP contribution in [0.4, 0.5) is 0 Å². The Hall–Kier alpha value is -0.580. The molecule has 1 N–H and O–H groups in total. The number of aryl methyl sites for hydroxylation is 2. The van der Waals surface area contributed by atoms with E-state index >= 15 is 0 Å². The first-order chi connectivity index (χ1) is 10.2. The second-order valence-corrected chi connectivity index (χ2v) is 6.32. The maximum atomic E-state index is 6.44. The van der Waals surface area contributed by atoms with Crippen LogP contribution in [0.15, 0.2) is 0 Å². The van der Waals surface area contributed by atoms with Crippen LogP contribution in [0.1, 0.15) is 50.4 Å². The first-order valence-electron chi connectivity index (χ1n) is 8.14. The van der Waals surface area contributed by atoms with E-state index in [2.05, 4.69) is 17.3 Å². The molecule has 120 valence electrons. The van der Waals surface area contributed by atoms with Crippen molar-refractivity contribution in [2.75, 3.05) is 13.7 Å². The number of halogens is 1. The summed E-state index contributed by atoms with van der Waals surface area (Å²) in [5.41, 5.74) is 2.14. The summed E-state index contributed by atoms with van der Waals surface area (Å²) in [5.74, 6) is 0. The normalized spacial score (nSPS) is 20.7. The molecule has 2 rings (SSSR count). The molecule has 4 nitrogen and oxygen atoms in total. The predicted octanol–water partition coefficient (Wildman–Crippen LogP) is 3.12. The summed E-state index contributed by atoms with van der Waals surface area (Å²) < 4.78 is 7.75. The van der Waals surface area contributed by atoms with Gasteiger partial charge in [-0.1, -0.05) is 18.5 Å². The molecular weight excluding hydrogens is 286 g/mol. The Kier molecular flexibility index (Phi) is 6.52. The standard InChI is InChI=1S/C16H28ClN3O/c1-4-14-16(17)15(20(3)19-14)11-12(18-2)8-9-13-7-5-6-10-21-13/h12-13,18H,4-11H2,1-3H3. The Labute approximate surface area is 133 Å². The molecule has 1 aliphatic heterocycles. The maximum absolute atomic E-state index is 6.44. The quantitative estimate of drug-likeness (QED) is 0.840. The Balaban J connectivity index is 1.91. The number of rotatable bonds is 7. The molecule has 21 heavy (non-hydrogen) atoms. The molecular formula is C16H28ClN3O. The van der Waals surface area contributed by atoms with Crippen LogP contribution >= 0.6 is 11.6 Å². The Bertz CT molecular complexity index is 441. The zero-order valence-corrected chi connectivity index (χ0v) is 14.2. The fraction of sp³-hybridized carbons (Fsp3) is 0.812. The predicted molar refractivity (Wildman–Crippen MR) is 87.0 cm³/mol. The second kappa shape index (κ2) is 8.16. The van der Waals surface area contributed by atoms with E-state index in [4.69, 9.17) is 16.3 Å². The molecule has 0 amide bonds. The summed E-state index contributed by atoms with van der Waals surface area (Å²) in [6.45, 7) is 3.02. The summed E-state index contributed by atoms with van der Waals surface area (Å²) in [5, 5.41) is 8.76. The number of likely N-dealkylation sites (N-methyl/N-ethyl adjacent to an activating group) is 1. The van der Waals surface area contributed by atoms with Gasteiger partial charge < -0.3 is 10.1 Å². The van der Waals surface area contributed by atoms with Gasteiger partial charge in [-0.25, -0.2) is 0 Å². The van der Waals surface area contributed by atoms with Crippen molar-refractivity contribution in [1.29, 1.82) is 0 Å². The van der Waals surface area contributed by atoms with Gasteiger partial charge in [-0.2, -0.15) is 5.10 Å². The van der Waals surface area contributed by atoms with Crippen molar-refractivity contribution in [3.05, 3.63) is 16.4 Å². The van der Waals surface area contributed by atoms with Crippen LogP contribution in [0.5, 0.6) is 0 Å². The van der Waals surface area contributed by atoms with Crippen molar-refractivity contribution in [1.82, 2.24) is 15.1 Å². The summed E-state index contributed by atoms with van der Waals surface area (Å²) in [4.78, 5) is 0. The molecule has 0 bridgehead atoms. The third-order valence-corrected chi connectivity index (χ3v) is 4.90. The van der Waals surface area contributed by atoms with Crippen LogP contribution in [-0.4, -0.2) is 35.6 Å². The van der Waals surface area contributed by atoms with Crippen molar-refractivity contribution in [2.45, 2.75) is 64.0 Å². The van der Waals surface area contributed by atoms with E-state index in [1.54, 1.807) is 0 Å². The molecule has 0 aliphatic carbocycles. The van der Waals surface area contributed by atoms with Crippen molar-refractivity contribution < 1.29 is 4.74 Å². The van der Waals surface area contributed by atoms with E-state index in [-0.39, 0.29) is 0 Å². The van der Waals surface area contributed by atoms with Crippen molar-refractivity contribution in [3.63, 3.8) is 0 Å². The van der Waals surface area contributed by atoms with E-state index in [0.717, 1.165) is 48.7 Å². The minimum absolute atomic E-state index is 0.424. The van der Waals surface area contributed by atoms with Gasteiger partial charge in [0.15, 0.2) is 0 Å². The van der Waals surface area contributed by atoms with Crippen LogP contribution in [0.25, 0.3) is 0 Å².